The molecule has 98 valence electrons. The van der Waals surface area contributed by atoms with Gasteiger partial charge in [0.25, 0.3) is 0 Å². The smallest absolute Gasteiger partial charge is 0.150 e. The summed E-state index contributed by atoms with van der Waals surface area (Å²) in [6.45, 7) is 5.50. The van der Waals surface area contributed by atoms with Crippen molar-refractivity contribution in [2.24, 2.45) is 5.92 Å². The number of hydrogen-bond acceptors (Lipinski definition) is 3. The van der Waals surface area contributed by atoms with E-state index < -0.39 is 9.84 Å². The van der Waals surface area contributed by atoms with E-state index in [-0.39, 0.29) is 5.92 Å². The molecule has 0 radical (unpaired) electrons. The lowest BCUT2D eigenvalue weighted by Crippen LogP contribution is -2.25. The number of rotatable bonds is 5. The van der Waals surface area contributed by atoms with Crippen molar-refractivity contribution >= 4 is 15.4 Å². The molecule has 1 aromatic carbocycles. The highest BCUT2D eigenvalue weighted by Crippen LogP contribution is 2.17. The van der Waals surface area contributed by atoms with Crippen LogP contribution in [0.3, 0.4) is 0 Å². The first-order valence-electron chi connectivity index (χ1n) is 6.21. The van der Waals surface area contributed by atoms with Crippen LogP contribution < -0.4 is 5.32 Å². The summed E-state index contributed by atoms with van der Waals surface area (Å²) in [4.78, 5) is 0. The molecule has 0 spiro atoms. The normalized spacial score (nSPS) is 21.9. The summed E-state index contributed by atoms with van der Waals surface area (Å²) >= 11 is 0. The second-order valence-electron chi connectivity index (χ2n) is 4.87. The van der Waals surface area contributed by atoms with Gasteiger partial charge in [-0.3, -0.25) is 0 Å². The van der Waals surface area contributed by atoms with Crippen molar-refractivity contribution in [2.75, 3.05) is 24.6 Å². The highest BCUT2D eigenvalue weighted by Gasteiger charge is 2.27. The topological polar surface area (TPSA) is 46.2 Å². The Labute approximate surface area is 109 Å². The van der Waals surface area contributed by atoms with Gasteiger partial charge >= 0.3 is 0 Å². The van der Waals surface area contributed by atoms with Crippen molar-refractivity contribution in [1.29, 1.82) is 0 Å². The fourth-order valence-corrected chi connectivity index (χ4v) is 4.10. The lowest BCUT2D eigenvalue weighted by molar-refractivity contribution is 0.541. The summed E-state index contributed by atoms with van der Waals surface area (Å²) in [5.41, 5.74) is 2.17. The lowest BCUT2D eigenvalue weighted by Gasteiger charge is -2.11. The zero-order valence-corrected chi connectivity index (χ0v) is 11.2. The van der Waals surface area contributed by atoms with Gasteiger partial charge in [-0.25, -0.2) is 8.42 Å². The third-order valence-corrected chi connectivity index (χ3v) is 5.12. The van der Waals surface area contributed by atoms with Gasteiger partial charge in [0.1, 0.15) is 0 Å². The molecule has 18 heavy (non-hydrogen) atoms. The SMILES string of the molecule is C=C(CNCC1CCS(=O)(=O)C1)c1ccccc1. The molecule has 1 heterocycles. The zero-order valence-electron chi connectivity index (χ0n) is 10.4. The Balaban J connectivity index is 1.75. The summed E-state index contributed by atoms with van der Waals surface area (Å²) in [5.74, 6) is 0.940. The molecule has 1 fully saturated rings. The molecule has 1 aliphatic heterocycles. The molecule has 1 aliphatic rings. The number of benzene rings is 1. The Morgan fingerprint density at radius 2 is 2.06 bits per heavy atom. The van der Waals surface area contributed by atoms with E-state index in [1.165, 1.54) is 0 Å². The van der Waals surface area contributed by atoms with Crippen LogP contribution in [0.4, 0.5) is 0 Å². The van der Waals surface area contributed by atoms with Crippen molar-refractivity contribution in [3.05, 3.63) is 42.5 Å². The third-order valence-electron chi connectivity index (χ3n) is 3.28. The molecule has 3 nitrogen and oxygen atoms in total. The van der Waals surface area contributed by atoms with E-state index in [1.54, 1.807) is 0 Å². The van der Waals surface area contributed by atoms with E-state index in [2.05, 4.69) is 11.9 Å². The minimum absolute atomic E-state index is 0.263. The quantitative estimate of drug-likeness (QED) is 0.882. The van der Waals surface area contributed by atoms with Gasteiger partial charge in [0.2, 0.25) is 0 Å². The molecular weight excluding hydrogens is 246 g/mol. The Morgan fingerprint density at radius 1 is 1.33 bits per heavy atom. The molecule has 0 amide bonds. The average Bonchev–Trinajstić information content (AvgIpc) is 2.70. The molecule has 0 aromatic heterocycles. The fraction of sp³-hybridized carbons (Fsp3) is 0.429. The summed E-state index contributed by atoms with van der Waals surface area (Å²) in [5, 5.41) is 3.30. The predicted octanol–water partition coefficient (Wildman–Crippen LogP) is 1.72. The highest BCUT2D eigenvalue weighted by molar-refractivity contribution is 7.91. The monoisotopic (exact) mass is 265 g/mol. The van der Waals surface area contributed by atoms with Crippen molar-refractivity contribution in [2.45, 2.75) is 6.42 Å². The van der Waals surface area contributed by atoms with Crippen LogP contribution >= 0.6 is 0 Å². The second-order valence-corrected chi connectivity index (χ2v) is 7.10. The van der Waals surface area contributed by atoms with Crippen LogP contribution in [-0.4, -0.2) is 33.0 Å². The largest absolute Gasteiger partial charge is 0.312 e. The maximum atomic E-state index is 11.3. The van der Waals surface area contributed by atoms with E-state index in [0.717, 1.165) is 24.1 Å². The molecule has 0 bridgehead atoms. The first-order chi connectivity index (χ1) is 8.57. The number of hydrogen-bond donors (Lipinski definition) is 1. The molecule has 0 aliphatic carbocycles. The van der Waals surface area contributed by atoms with Crippen LogP contribution in [0.15, 0.2) is 36.9 Å². The lowest BCUT2D eigenvalue weighted by atomic mass is 10.1. The summed E-state index contributed by atoms with van der Waals surface area (Å²) in [6, 6.07) is 10.0. The van der Waals surface area contributed by atoms with Gasteiger partial charge in [0.05, 0.1) is 11.5 Å². The van der Waals surface area contributed by atoms with Gasteiger partial charge in [-0.1, -0.05) is 36.9 Å². The molecule has 0 saturated carbocycles. The van der Waals surface area contributed by atoms with Crippen LogP contribution in [-0.2, 0) is 9.84 Å². The van der Waals surface area contributed by atoms with Crippen LogP contribution in [0.25, 0.3) is 5.57 Å². The Hall–Kier alpha value is -1.13. The van der Waals surface area contributed by atoms with Crippen molar-refractivity contribution in [3.8, 4) is 0 Å². The van der Waals surface area contributed by atoms with E-state index in [1.807, 2.05) is 30.3 Å². The van der Waals surface area contributed by atoms with Crippen LogP contribution in [0.1, 0.15) is 12.0 Å². The van der Waals surface area contributed by atoms with Gasteiger partial charge < -0.3 is 5.32 Å². The van der Waals surface area contributed by atoms with E-state index in [9.17, 15) is 8.42 Å². The average molecular weight is 265 g/mol. The first-order valence-corrected chi connectivity index (χ1v) is 8.03. The fourth-order valence-electron chi connectivity index (χ4n) is 2.24. The van der Waals surface area contributed by atoms with Crippen molar-refractivity contribution in [1.82, 2.24) is 5.32 Å². The Kier molecular flexibility index (Phi) is 4.19. The maximum absolute atomic E-state index is 11.3. The van der Waals surface area contributed by atoms with Crippen molar-refractivity contribution < 1.29 is 8.42 Å². The maximum Gasteiger partial charge on any atom is 0.150 e. The van der Waals surface area contributed by atoms with E-state index in [4.69, 9.17) is 0 Å². The molecule has 1 unspecified atom stereocenters. The van der Waals surface area contributed by atoms with Gasteiger partial charge in [0.15, 0.2) is 9.84 Å². The molecule has 2 rings (SSSR count). The van der Waals surface area contributed by atoms with E-state index in [0.29, 0.717) is 18.1 Å². The molecule has 1 atom stereocenters. The van der Waals surface area contributed by atoms with Crippen LogP contribution in [0.2, 0.25) is 0 Å². The van der Waals surface area contributed by atoms with Crippen molar-refractivity contribution in [3.63, 3.8) is 0 Å². The summed E-state index contributed by atoms with van der Waals surface area (Å²) < 4.78 is 22.6. The summed E-state index contributed by atoms with van der Waals surface area (Å²) in [7, 11) is -2.76. The van der Waals surface area contributed by atoms with Gasteiger partial charge in [-0.15, -0.1) is 0 Å². The standard InChI is InChI=1S/C14H19NO2S/c1-12(14-5-3-2-4-6-14)9-15-10-13-7-8-18(16,17)11-13/h2-6,13,15H,1,7-11H2. The van der Waals surface area contributed by atoms with Crippen LogP contribution in [0, 0.1) is 5.92 Å². The Morgan fingerprint density at radius 3 is 2.67 bits per heavy atom. The predicted molar refractivity (Wildman–Crippen MR) is 75.1 cm³/mol. The summed E-state index contributed by atoms with van der Waals surface area (Å²) in [6.07, 6.45) is 0.785. The minimum Gasteiger partial charge on any atom is -0.312 e. The van der Waals surface area contributed by atoms with Crippen LogP contribution in [0.5, 0.6) is 0 Å². The molecule has 4 heteroatoms. The van der Waals surface area contributed by atoms with Gasteiger partial charge in [-0.05, 0) is 30.0 Å². The molecule has 1 N–H and O–H groups in total. The zero-order chi connectivity index (χ0) is 13.0. The number of sulfone groups is 1. The third kappa shape index (κ3) is 3.68. The van der Waals surface area contributed by atoms with Gasteiger partial charge in [-0.2, -0.15) is 0 Å². The molecule has 1 aromatic rings. The molecular formula is C14H19NO2S. The minimum atomic E-state index is -2.76. The molecule has 1 saturated heterocycles. The second kappa shape index (κ2) is 5.67. The highest BCUT2D eigenvalue weighted by atomic mass is 32.2. The first kappa shape index (κ1) is 13.3. The van der Waals surface area contributed by atoms with E-state index >= 15 is 0 Å². The number of nitrogens with one attached hydrogen (secondary N) is 1. The Bertz CT molecular complexity index is 508. The van der Waals surface area contributed by atoms with Gasteiger partial charge in [0, 0.05) is 6.54 Å².